The van der Waals surface area contributed by atoms with E-state index in [1.807, 2.05) is 0 Å². The predicted octanol–water partition coefficient (Wildman–Crippen LogP) is 3.96. The highest BCUT2D eigenvalue weighted by Gasteiger charge is 2.19. The topological polar surface area (TPSA) is 130 Å². The molecule has 4 N–H and O–H groups in total. The predicted molar refractivity (Wildman–Crippen MR) is 95.8 cm³/mol. The number of halogens is 5. The van der Waals surface area contributed by atoms with E-state index in [0.717, 1.165) is 18.2 Å². The molecule has 8 nitrogen and oxygen atoms in total. The lowest BCUT2D eigenvalue weighted by Gasteiger charge is -2.00. The highest BCUT2D eigenvalue weighted by molar-refractivity contribution is 9.10. The quantitative estimate of drug-likeness (QED) is 0.331. The Morgan fingerprint density at radius 3 is 1.69 bits per heavy atom. The monoisotopic (exact) mass is 472 g/mol. The Balaban J connectivity index is 0.000000166. The van der Waals surface area contributed by atoms with Gasteiger partial charge in [-0.3, -0.25) is 0 Å². The number of hydrogen-bond acceptors (Lipinski definition) is 8. The van der Waals surface area contributed by atoms with Crippen molar-refractivity contribution < 1.29 is 26.6 Å². The highest BCUT2D eigenvalue weighted by atomic mass is 79.9. The van der Waals surface area contributed by atoms with E-state index >= 15 is 0 Å². The van der Waals surface area contributed by atoms with Crippen molar-refractivity contribution in [2.75, 3.05) is 11.5 Å². The molecule has 0 spiro atoms. The maximum atomic E-state index is 13.5. The first-order valence-electron chi connectivity index (χ1n) is 7.54. The van der Waals surface area contributed by atoms with Gasteiger partial charge in [0.05, 0.1) is 15.6 Å². The van der Waals surface area contributed by atoms with Crippen LogP contribution in [0.5, 0.6) is 0 Å². The first kappa shape index (κ1) is 20.3. The summed E-state index contributed by atoms with van der Waals surface area (Å²) < 4.78 is 62.1. The molecule has 2 aromatic heterocycles. The lowest BCUT2D eigenvalue weighted by Crippen LogP contribution is -1.93. The molecule has 4 rings (SSSR count). The Bertz CT molecular complexity index is 1150. The third-order valence-electron chi connectivity index (χ3n) is 3.34. The molecule has 0 fully saturated rings. The minimum Gasteiger partial charge on any atom is -0.351 e. The van der Waals surface area contributed by atoms with E-state index in [4.69, 9.17) is 11.5 Å². The Morgan fingerprint density at radius 2 is 1.21 bits per heavy atom. The van der Waals surface area contributed by atoms with Crippen molar-refractivity contribution in [3.63, 3.8) is 0 Å². The zero-order valence-electron chi connectivity index (χ0n) is 14.0. The van der Waals surface area contributed by atoms with Crippen LogP contribution in [0.15, 0.2) is 43.9 Å². The molecule has 150 valence electrons. The lowest BCUT2D eigenvalue weighted by molar-refractivity contribution is 0.435. The molecule has 2 aromatic carbocycles. The molecule has 0 saturated carbocycles. The Morgan fingerprint density at radius 1 is 0.724 bits per heavy atom. The number of anilines is 2. The second-order valence-corrected chi connectivity index (χ2v) is 6.08. The van der Waals surface area contributed by atoms with E-state index in [1.165, 1.54) is 12.1 Å². The molecule has 0 unspecified atom stereocenters. The fraction of sp³-hybridized carbons (Fsp3) is 0. The summed E-state index contributed by atoms with van der Waals surface area (Å²) in [6, 6.07) is 5.31. The van der Waals surface area contributed by atoms with Crippen LogP contribution in [-0.4, -0.2) is 20.3 Å². The third kappa shape index (κ3) is 4.34. The van der Waals surface area contributed by atoms with Crippen LogP contribution in [0, 0.1) is 23.3 Å². The van der Waals surface area contributed by atoms with Gasteiger partial charge in [0.1, 0.15) is 17.5 Å². The van der Waals surface area contributed by atoms with Crippen LogP contribution in [0.2, 0.25) is 0 Å². The second kappa shape index (κ2) is 8.26. The van der Waals surface area contributed by atoms with E-state index < -0.39 is 23.3 Å². The van der Waals surface area contributed by atoms with Crippen LogP contribution in [0.1, 0.15) is 0 Å². The molecule has 29 heavy (non-hydrogen) atoms. The first-order chi connectivity index (χ1) is 13.8. The van der Waals surface area contributed by atoms with Crippen molar-refractivity contribution >= 4 is 28.0 Å². The maximum absolute atomic E-state index is 13.5. The molecule has 0 saturated heterocycles. The minimum absolute atomic E-state index is 0.113. The van der Waals surface area contributed by atoms with Gasteiger partial charge in [-0.05, 0) is 40.2 Å². The average Bonchev–Trinajstić information content (AvgIpc) is 3.28. The van der Waals surface area contributed by atoms with E-state index in [2.05, 4.69) is 45.3 Å². The summed E-state index contributed by atoms with van der Waals surface area (Å²) in [5, 5.41) is 6.65. The van der Waals surface area contributed by atoms with E-state index in [1.54, 1.807) is 0 Å². The largest absolute Gasteiger partial charge is 0.351 e. The molecular formula is C16H9BrF4N6O2. The molecule has 0 amide bonds. The Labute approximate surface area is 167 Å². The lowest BCUT2D eigenvalue weighted by atomic mass is 10.2. The van der Waals surface area contributed by atoms with Crippen LogP contribution in [0.25, 0.3) is 22.8 Å². The molecular weight excluding hydrogens is 464 g/mol. The van der Waals surface area contributed by atoms with Gasteiger partial charge in [-0.15, -0.1) is 0 Å². The van der Waals surface area contributed by atoms with E-state index in [0.29, 0.717) is 0 Å². The summed E-state index contributed by atoms with van der Waals surface area (Å²) in [7, 11) is 0. The summed E-state index contributed by atoms with van der Waals surface area (Å²) in [4.78, 5) is 7.07. The smallest absolute Gasteiger partial charge is 0.319 e. The van der Waals surface area contributed by atoms with Crippen LogP contribution in [0.4, 0.5) is 29.6 Å². The van der Waals surface area contributed by atoms with Crippen molar-refractivity contribution in [1.29, 1.82) is 0 Å². The fourth-order valence-corrected chi connectivity index (χ4v) is 2.45. The van der Waals surface area contributed by atoms with Gasteiger partial charge in [-0.2, -0.15) is 9.97 Å². The van der Waals surface area contributed by atoms with Gasteiger partial charge in [0.25, 0.3) is 0 Å². The molecule has 0 aliphatic carbocycles. The summed E-state index contributed by atoms with van der Waals surface area (Å²) >= 11 is 2.93. The van der Waals surface area contributed by atoms with Gasteiger partial charge >= 0.3 is 12.0 Å². The fourth-order valence-electron chi connectivity index (χ4n) is 2.12. The number of nitrogens with two attached hydrogens (primary N) is 2. The number of nitrogen functional groups attached to an aromatic ring is 2. The Hall–Kier alpha value is -3.48. The molecule has 0 radical (unpaired) electrons. The number of nitrogens with zero attached hydrogens (tertiary/aromatic N) is 4. The van der Waals surface area contributed by atoms with Gasteiger partial charge < -0.3 is 20.5 Å². The molecule has 2 heterocycles. The van der Waals surface area contributed by atoms with Crippen molar-refractivity contribution in [2.45, 2.75) is 0 Å². The average molecular weight is 473 g/mol. The van der Waals surface area contributed by atoms with Crippen LogP contribution in [-0.2, 0) is 0 Å². The van der Waals surface area contributed by atoms with Crippen molar-refractivity contribution in [2.24, 2.45) is 0 Å². The molecule has 13 heteroatoms. The normalized spacial score (nSPS) is 10.5. The van der Waals surface area contributed by atoms with Crippen LogP contribution >= 0.6 is 15.9 Å². The van der Waals surface area contributed by atoms with E-state index in [-0.39, 0.29) is 39.3 Å². The van der Waals surface area contributed by atoms with Crippen molar-refractivity contribution in [3.8, 4) is 22.8 Å². The Kier molecular flexibility index (Phi) is 5.77. The third-order valence-corrected chi connectivity index (χ3v) is 3.95. The SMILES string of the molecule is Nc1nc(-c2c(F)ccc(Br)c2F)no1.Nc1nc(-c2c(F)cccc2F)no1. The van der Waals surface area contributed by atoms with Gasteiger partial charge in [-0.1, -0.05) is 16.4 Å². The van der Waals surface area contributed by atoms with Gasteiger partial charge in [0.2, 0.25) is 11.6 Å². The van der Waals surface area contributed by atoms with E-state index in [9.17, 15) is 17.6 Å². The summed E-state index contributed by atoms with van der Waals surface area (Å²) in [5.41, 5.74) is 9.58. The van der Waals surface area contributed by atoms with Gasteiger partial charge in [0, 0.05) is 0 Å². The first-order valence-corrected chi connectivity index (χ1v) is 8.33. The zero-order valence-corrected chi connectivity index (χ0v) is 15.6. The highest BCUT2D eigenvalue weighted by Crippen LogP contribution is 2.29. The van der Waals surface area contributed by atoms with Gasteiger partial charge in [-0.25, -0.2) is 17.6 Å². The summed E-state index contributed by atoms with van der Waals surface area (Å²) in [6.45, 7) is 0. The molecule has 0 atom stereocenters. The standard InChI is InChI=1S/C8H4BrF2N3O.C8H5F2N3O/c9-3-1-2-4(10)5(6(3)11)7-13-8(12)15-14-7;9-4-2-1-3-5(10)6(4)7-12-8(11)14-13-7/h1-2H,(H2,12,13,14);1-3H,(H2,11,12,13). The molecule has 0 bridgehead atoms. The van der Waals surface area contributed by atoms with Crippen LogP contribution < -0.4 is 11.5 Å². The number of benzene rings is 2. The van der Waals surface area contributed by atoms with Crippen LogP contribution in [0.3, 0.4) is 0 Å². The minimum atomic E-state index is -0.796. The zero-order chi connectivity index (χ0) is 21.1. The van der Waals surface area contributed by atoms with Crippen molar-refractivity contribution in [1.82, 2.24) is 20.3 Å². The second-order valence-electron chi connectivity index (χ2n) is 5.23. The number of hydrogen-bond donors (Lipinski definition) is 2. The van der Waals surface area contributed by atoms with Crippen molar-refractivity contribution in [3.05, 3.63) is 58.1 Å². The summed E-state index contributed by atoms with van der Waals surface area (Å²) in [6.07, 6.45) is 0. The number of rotatable bonds is 2. The maximum Gasteiger partial charge on any atom is 0.319 e. The summed E-state index contributed by atoms with van der Waals surface area (Å²) in [5.74, 6) is -3.51. The molecule has 4 aromatic rings. The molecule has 0 aliphatic rings. The molecule has 0 aliphatic heterocycles. The number of aromatic nitrogens is 4. The van der Waals surface area contributed by atoms with Gasteiger partial charge in [0.15, 0.2) is 5.82 Å².